The van der Waals surface area contributed by atoms with Crippen molar-refractivity contribution in [3.05, 3.63) is 94.0 Å². The van der Waals surface area contributed by atoms with Gasteiger partial charge in [0.25, 0.3) is 0 Å². The molecular formula is C29H27N3O5. The van der Waals surface area contributed by atoms with Crippen molar-refractivity contribution in [1.82, 2.24) is 9.55 Å². The van der Waals surface area contributed by atoms with E-state index in [0.29, 0.717) is 11.1 Å². The zero-order chi connectivity index (χ0) is 25.9. The maximum atomic E-state index is 13.2. The number of hydrogen-bond donors (Lipinski definition) is 1. The van der Waals surface area contributed by atoms with Crippen LogP contribution >= 0.6 is 0 Å². The number of nitrogens with zero attached hydrogens (tertiary/aromatic N) is 2. The monoisotopic (exact) mass is 497 g/mol. The summed E-state index contributed by atoms with van der Waals surface area (Å²) in [5.41, 5.74) is 4.44. The molecule has 2 heterocycles. The number of rotatable bonds is 7. The van der Waals surface area contributed by atoms with Gasteiger partial charge < -0.3 is 14.0 Å². The summed E-state index contributed by atoms with van der Waals surface area (Å²) in [6.45, 7) is 4.04. The van der Waals surface area contributed by atoms with Crippen LogP contribution in [0.4, 0.5) is 10.5 Å². The molecule has 1 N–H and O–H groups in total. The van der Waals surface area contributed by atoms with Crippen LogP contribution in [0, 0.1) is 6.92 Å². The minimum absolute atomic E-state index is 0.0512. The number of anilines is 1. The van der Waals surface area contributed by atoms with E-state index in [1.54, 1.807) is 31.6 Å². The highest BCUT2D eigenvalue weighted by atomic mass is 16.5. The first kappa shape index (κ1) is 24.2. The van der Waals surface area contributed by atoms with E-state index in [4.69, 9.17) is 9.47 Å². The van der Waals surface area contributed by atoms with Gasteiger partial charge in [0.05, 0.1) is 24.0 Å². The van der Waals surface area contributed by atoms with E-state index in [1.165, 1.54) is 0 Å². The van der Waals surface area contributed by atoms with Gasteiger partial charge in [-0.3, -0.25) is 15.1 Å². The molecule has 0 saturated heterocycles. The second kappa shape index (κ2) is 10.3. The molecule has 1 saturated carbocycles. The van der Waals surface area contributed by atoms with E-state index in [2.05, 4.69) is 10.3 Å². The van der Waals surface area contributed by atoms with Gasteiger partial charge in [-0.15, -0.1) is 0 Å². The number of carbonyl (C=O) groups excluding carboxylic acids is 2. The number of nitrogens with one attached hydrogen (secondary N) is 1. The molecule has 1 fully saturated rings. The Labute approximate surface area is 213 Å². The Hall–Kier alpha value is -4.46. The molecule has 1 amide bonds. The lowest BCUT2D eigenvalue weighted by Gasteiger charge is -2.17. The van der Waals surface area contributed by atoms with Crippen LogP contribution in [-0.4, -0.2) is 28.2 Å². The molecule has 37 heavy (non-hydrogen) atoms. The number of esters is 1. The number of benzene rings is 2. The average molecular weight is 498 g/mol. The van der Waals surface area contributed by atoms with Gasteiger partial charge >= 0.3 is 12.1 Å². The summed E-state index contributed by atoms with van der Waals surface area (Å²) in [5.74, 6) is -0.604. The van der Waals surface area contributed by atoms with E-state index in [0.717, 1.165) is 40.6 Å². The first-order valence-electron chi connectivity index (χ1n) is 12.2. The molecule has 0 bridgehead atoms. The smallest absolute Gasteiger partial charge is 0.412 e. The lowest BCUT2D eigenvalue weighted by Crippen LogP contribution is -2.21. The van der Waals surface area contributed by atoms with Crippen LogP contribution in [0.2, 0.25) is 0 Å². The third-order valence-corrected chi connectivity index (χ3v) is 6.39. The van der Waals surface area contributed by atoms with Gasteiger partial charge in [0.1, 0.15) is 12.2 Å². The van der Waals surface area contributed by atoms with Gasteiger partial charge in [0.2, 0.25) is 5.43 Å². The minimum atomic E-state index is -0.604. The van der Waals surface area contributed by atoms with Crippen LogP contribution in [0.15, 0.2) is 71.9 Å². The Balaban J connectivity index is 1.46. The maximum absolute atomic E-state index is 13.2. The summed E-state index contributed by atoms with van der Waals surface area (Å²) < 4.78 is 12.5. The largest absolute Gasteiger partial charge is 0.462 e. The number of aryl methyl sites for hydroxylation is 1. The number of pyridine rings is 2. The van der Waals surface area contributed by atoms with Gasteiger partial charge in [-0.1, -0.05) is 36.4 Å². The molecule has 188 valence electrons. The van der Waals surface area contributed by atoms with Gasteiger partial charge in [0.15, 0.2) is 0 Å². The number of carbonyl (C=O) groups is 2. The molecule has 1 aliphatic rings. The van der Waals surface area contributed by atoms with Crippen molar-refractivity contribution in [2.24, 2.45) is 0 Å². The highest BCUT2D eigenvalue weighted by Crippen LogP contribution is 2.39. The Morgan fingerprint density at radius 3 is 2.59 bits per heavy atom. The molecule has 0 unspecified atom stereocenters. The quantitative estimate of drug-likeness (QED) is 0.332. The molecule has 0 atom stereocenters. The van der Waals surface area contributed by atoms with Crippen molar-refractivity contribution in [2.45, 2.75) is 39.3 Å². The van der Waals surface area contributed by atoms with Gasteiger partial charge in [-0.2, -0.15) is 0 Å². The first-order chi connectivity index (χ1) is 18.0. The van der Waals surface area contributed by atoms with Crippen LogP contribution in [-0.2, 0) is 16.1 Å². The third kappa shape index (κ3) is 5.09. The fraction of sp³-hybridized carbons (Fsp3) is 0.241. The summed E-state index contributed by atoms with van der Waals surface area (Å²) >= 11 is 0. The molecule has 8 heteroatoms. The molecule has 8 nitrogen and oxygen atoms in total. The lowest BCUT2D eigenvalue weighted by molar-refractivity contribution is 0.0524. The van der Waals surface area contributed by atoms with Crippen molar-refractivity contribution in [3.8, 4) is 11.1 Å². The van der Waals surface area contributed by atoms with E-state index < -0.39 is 12.1 Å². The van der Waals surface area contributed by atoms with Crippen LogP contribution in [0.5, 0.6) is 0 Å². The van der Waals surface area contributed by atoms with Gasteiger partial charge in [-0.05, 0) is 55.5 Å². The summed E-state index contributed by atoms with van der Waals surface area (Å²) in [4.78, 5) is 42.3. The average Bonchev–Trinajstić information content (AvgIpc) is 3.74. The van der Waals surface area contributed by atoms with Crippen molar-refractivity contribution >= 4 is 28.7 Å². The number of fused-ring (bicyclic) bond motifs is 1. The van der Waals surface area contributed by atoms with Crippen LogP contribution < -0.4 is 10.7 Å². The molecule has 0 spiro atoms. The molecule has 0 radical (unpaired) electrons. The Morgan fingerprint density at radius 1 is 1.08 bits per heavy atom. The Bertz CT molecular complexity index is 1540. The number of hydrogen-bond acceptors (Lipinski definition) is 6. The second-order valence-corrected chi connectivity index (χ2v) is 9.01. The Kier molecular flexibility index (Phi) is 6.72. The number of ether oxygens (including phenoxy) is 2. The summed E-state index contributed by atoms with van der Waals surface area (Å²) in [5, 5.41) is 3.21. The summed E-state index contributed by atoms with van der Waals surface area (Å²) in [6.07, 6.45) is 6.28. The minimum Gasteiger partial charge on any atom is -0.462 e. The van der Waals surface area contributed by atoms with Crippen molar-refractivity contribution in [3.63, 3.8) is 0 Å². The predicted octanol–water partition coefficient (Wildman–Crippen LogP) is 5.63. The van der Waals surface area contributed by atoms with Crippen molar-refractivity contribution < 1.29 is 19.1 Å². The molecular weight excluding hydrogens is 470 g/mol. The first-order valence-corrected chi connectivity index (χ1v) is 12.2. The van der Waals surface area contributed by atoms with Gasteiger partial charge in [0, 0.05) is 29.4 Å². The predicted molar refractivity (Wildman–Crippen MR) is 141 cm³/mol. The van der Waals surface area contributed by atoms with E-state index in [9.17, 15) is 14.4 Å². The number of amides is 1. The fourth-order valence-corrected chi connectivity index (χ4v) is 4.46. The van der Waals surface area contributed by atoms with Crippen LogP contribution in [0.25, 0.3) is 22.0 Å². The molecule has 5 rings (SSSR count). The zero-order valence-electron chi connectivity index (χ0n) is 20.7. The van der Waals surface area contributed by atoms with Crippen molar-refractivity contribution in [2.75, 3.05) is 11.9 Å². The van der Waals surface area contributed by atoms with Crippen LogP contribution in [0.3, 0.4) is 0 Å². The number of aromatic nitrogens is 2. The van der Waals surface area contributed by atoms with E-state index >= 15 is 0 Å². The van der Waals surface area contributed by atoms with Crippen molar-refractivity contribution in [1.29, 1.82) is 0 Å². The highest BCUT2D eigenvalue weighted by molar-refractivity contribution is 5.96. The molecule has 0 aliphatic heterocycles. The normalized spacial score (nSPS) is 12.8. The maximum Gasteiger partial charge on any atom is 0.412 e. The van der Waals surface area contributed by atoms with E-state index in [-0.39, 0.29) is 30.2 Å². The molecule has 1 aliphatic carbocycles. The SMILES string of the molecule is CCOC(=O)c1cn(C2CC2)c2c(C)c(-c3cncc(NC(=O)OCc4ccccc4)c3)ccc2c1=O. The standard InChI is InChI=1S/C29H27N3O5/c1-3-36-28(34)25-16-32(22-9-10-22)26-18(2)23(11-12-24(26)27(25)33)20-13-21(15-30-14-20)31-29(35)37-17-19-7-5-4-6-8-19/h4-8,11-16,22H,3,9-10,17H2,1-2H3,(H,31,35). The fourth-order valence-electron chi connectivity index (χ4n) is 4.46. The molecule has 4 aromatic rings. The zero-order valence-corrected chi connectivity index (χ0v) is 20.7. The molecule has 2 aromatic carbocycles. The lowest BCUT2D eigenvalue weighted by atomic mass is 9.97. The second-order valence-electron chi connectivity index (χ2n) is 9.01. The highest BCUT2D eigenvalue weighted by Gasteiger charge is 2.28. The molecule has 2 aromatic heterocycles. The topological polar surface area (TPSA) is 99.5 Å². The summed E-state index contributed by atoms with van der Waals surface area (Å²) in [6, 6.07) is 15.1. The van der Waals surface area contributed by atoms with Gasteiger partial charge in [-0.25, -0.2) is 9.59 Å². The Morgan fingerprint density at radius 2 is 1.86 bits per heavy atom. The summed E-state index contributed by atoms with van der Waals surface area (Å²) in [7, 11) is 0. The van der Waals surface area contributed by atoms with E-state index in [1.807, 2.05) is 54.0 Å². The third-order valence-electron chi connectivity index (χ3n) is 6.39. The van der Waals surface area contributed by atoms with Crippen LogP contribution in [0.1, 0.15) is 47.3 Å².